The zero-order valence-corrected chi connectivity index (χ0v) is 14.6. The lowest BCUT2D eigenvalue weighted by Gasteiger charge is -2.12. The summed E-state index contributed by atoms with van der Waals surface area (Å²) < 4.78 is 73.7. The molecule has 0 aromatic heterocycles. The molecular formula is C20H18F6O2. The summed E-state index contributed by atoms with van der Waals surface area (Å²) in [5.74, 6) is -0.695. The Labute approximate surface area is 158 Å². The average molecular weight is 404 g/mol. The van der Waals surface area contributed by atoms with E-state index >= 15 is 0 Å². The number of allylic oxidation sites excluding steroid dienone is 2. The van der Waals surface area contributed by atoms with Gasteiger partial charge in [-0.25, -0.2) is 0 Å². The minimum atomic E-state index is -4.43. The number of phenolic OH excluding ortho intramolecular Hbond substituents is 2. The Hall–Kier alpha value is -2.90. The molecule has 2 rings (SSSR count). The van der Waals surface area contributed by atoms with Crippen LogP contribution in [0.1, 0.15) is 22.3 Å². The van der Waals surface area contributed by atoms with Crippen molar-refractivity contribution in [3.8, 4) is 11.5 Å². The predicted molar refractivity (Wildman–Crippen MR) is 94.0 cm³/mol. The van der Waals surface area contributed by atoms with Gasteiger partial charge in [-0.1, -0.05) is 24.3 Å². The zero-order valence-electron chi connectivity index (χ0n) is 14.6. The Morgan fingerprint density at radius 3 is 1.86 bits per heavy atom. The molecule has 0 fully saturated rings. The molecule has 0 heterocycles. The molecule has 0 atom stereocenters. The van der Waals surface area contributed by atoms with E-state index in [1.54, 1.807) is 0 Å². The smallest absolute Gasteiger partial charge is 0.416 e. The van der Waals surface area contributed by atoms with E-state index < -0.39 is 23.5 Å². The van der Waals surface area contributed by atoms with E-state index in [0.29, 0.717) is 12.0 Å². The largest absolute Gasteiger partial charge is 0.508 e. The minimum absolute atomic E-state index is 0.00150. The molecule has 8 heteroatoms. The van der Waals surface area contributed by atoms with Gasteiger partial charge in [0, 0.05) is 5.56 Å². The highest BCUT2D eigenvalue weighted by Gasteiger charge is 2.33. The van der Waals surface area contributed by atoms with E-state index in [4.69, 9.17) is 0 Å². The van der Waals surface area contributed by atoms with Crippen LogP contribution in [0.15, 0.2) is 61.7 Å². The maximum Gasteiger partial charge on any atom is 0.416 e. The van der Waals surface area contributed by atoms with E-state index in [9.17, 15) is 36.6 Å². The molecule has 0 radical (unpaired) electrons. The van der Waals surface area contributed by atoms with Gasteiger partial charge in [-0.2, -0.15) is 26.3 Å². The lowest BCUT2D eigenvalue weighted by molar-refractivity contribution is -0.138. The van der Waals surface area contributed by atoms with Gasteiger partial charge >= 0.3 is 12.4 Å². The number of hydrogen-bond acceptors (Lipinski definition) is 2. The lowest BCUT2D eigenvalue weighted by Crippen LogP contribution is -2.08. The molecule has 0 saturated carbocycles. The van der Waals surface area contributed by atoms with Crippen molar-refractivity contribution in [2.45, 2.75) is 25.2 Å². The second kappa shape index (κ2) is 9.34. The molecule has 2 aromatic carbocycles. The number of benzene rings is 2. The molecule has 0 aliphatic rings. The van der Waals surface area contributed by atoms with Crippen LogP contribution in [0.4, 0.5) is 26.3 Å². The van der Waals surface area contributed by atoms with E-state index in [0.717, 1.165) is 18.2 Å². The van der Waals surface area contributed by atoms with Crippen molar-refractivity contribution in [3.63, 3.8) is 0 Å². The van der Waals surface area contributed by atoms with Crippen molar-refractivity contribution < 1.29 is 36.6 Å². The first kappa shape index (κ1) is 23.1. The second-order valence-electron chi connectivity index (χ2n) is 5.63. The minimum Gasteiger partial charge on any atom is -0.508 e. The van der Waals surface area contributed by atoms with Gasteiger partial charge in [0.25, 0.3) is 0 Å². The Kier molecular flexibility index (Phi) is 7.72. The molecular weight excluding hydrogens is 386 g/mol. The van der Waals surface area contributed by atoms with Gasteiger partial charge in [0.2, 0.25) is 0 Å². The fourth-order valence-electron chi connectivity index (χ4n) is 2.27. The summed E-state index contributed by atoms with van der Waals surface area (Å²) in [7, 11) is 0. The number of phenols is 2. The molecule has 152 valence electrons. The summed E-state index contributed by atoms with van der Waals surface area (Å²) in [6.07, 6.45) is -5.65. The Morgan fingerprint density at radius 2 is 1.39 bits per heavy atom. The van der Waals surface area contributed by atoms with Crippen LogP contribution in [0.2, 0.25) is 0 Å². The van der Waals surface area contributed by atoms with Crippen molar-refractivity contribution in [3.05, 3.63) is 84.0 Å². The van der Waals surface area contributed by atoms with Gasteiger partial charge in [0.15, 0.2) is 0 Å². The van der Waals surface area contributed by atoms with Crippen LogP contribution in [0.25, 0.3) is 0 Å². The summed E-state index contributed by atoms with van der Waals surface area (Å²) in [6.45, 7) is 6.78. The van der Waals surface area contributed by atoms with E-state index in [1.807, 2.05) is 0 Å². The molecule has 2 nitrogen and oxygen atoms in total. The van der Waals surface area contributed by atoms with Crippen LogP contribution < -0.4 is 0 Å². The molecule has 0 amide bonds. The summed E-state index contributed by atoms with van der Waals surface area (Å²) in [4.78, 5) is 0. The van der Waals surface area contributed by atoms with Gasteiger partial charge in [-0.05, 0) is 42.7 Å². The summed E-state index contributed by atoms with van der Waals surface area (Å²) in [6, 6.07) is 6.26. The first-order chi connectivity index (χ1) is 12.9. The monoisotopic (exact) mass is 404 g/mol. The quantitative estimate of drug-likeness (QED) is 0.465. The number of alkyl halides is 6. The van der Waals surface area contributed by atoms with E-state index in [-0.39, 0.29) is 23.5 Å². The topological polar surface area (TPSA) is 40.5 Å². The first-order valence-corrected chi connectivity index (χ1v) is 7.90. The maximum atomic E-state index is 12.4. The van der Waals surface area contributed by atoms with Crippen molar-refractivity contribution in [1.29, 1.82) is 0 Å². The third-order valence-electron chi connectivity index (χ3n) is 3.58. The summed E-state index contributed by atoms with van der Waals surface area (Å²) in [5.41, 5.74) is -1.34. The molecule has 2 aromatic rings. The van der Waals surface area contributed by atoms with Gasteiger partial charge in [-0.15, -0.1) is 13.2 Å². The standard InChI is InChI=1S/2C10H9F3O/c1-2-4-7-8(10(11,12)13)5-3-6-9(7)14;1-2-3-7-4-5-8(6-9(7)14)10(11,12)13/h2-3,5-6,14H,1,4H2;2,4-6,14H,1,3H2. The maximum absolute atomic E-state index is 12.4. The molecule has 28 heavy (non-hydrogen) atoms. The number of halogens is 6. The number of rotatable bonds is 4. The van der Waals surface area contributed by atoms with Crippen LogP contribution in [-0.2, 0) is 25.2 Å². The second-order valence-corrected chi connectivity index (χ2v) is 5.63. The van der Waals surface area contributed by atoms with Gasteiger partial charge in [0.1, 0.15) is 11.5 Å². The average Bonchev–Trinajstić information content (AvgIpc) is 2.57. The molecule has 0 bridgehead atoms. The number of hydrogen-bond donors (Lipinski definition) is 2. The Balaban J connectivity index is 0.000000280. The molecule has 0 aliphatic heterocycles. The Morgan fingerprint density at radius 1 is 0.786 bits per heavy atom. The normalized spacial score (nSPS) is 11.4. The van der Waals surface area contributed by atoms with Crippen LogP contribution in [0.3, 0.4) is 0 Å². The van der Waals surface area contributed by atoms with Crippen molar-refractivity contribution in [1.82, 2.24) is 0 Å². The number of aromatic hydroxyl groups is 2. The molecule has 0 aliphatic carbocycles. The highest BCUT2D eigenvalue weighted by Crippen LogP contribution is 2.36. The van der Waals surface area contributed by atoms with Gasteiger partial charge in [0.05, 0.1) is 11.1 Å². The highest BCUT2D eigenvalue weighted by atomic mass is 19.4. The van der Waals surface area contributed by atoms with E-state index in [1.165, 1.54) is 30.4 Å². The van der Waals surface area contributed by atoms with Crippen LogP contribution in [0.5, 0.6) is 11.5 Å². The lowest BCUT2D eigenvalue weighted by atomic mass is 10.0. The first-order valence-electron chi connectivity index (χ1n) is 7.90. The third-order valence-corrected chi connectivity index (χ3v) is 3.58. The Bertz CT molecular complexity index is 822. The van der Waals surface area contributed by atoms with Crippen LogP contribution in [-0.4, -0.2) is 10.2 Å². The third kappa shape index (κ3) is 6.37. The molecule has 0 unspecified atom stereocenters. The zero-order chi connectivity index (χ0) is 21.5. The van der Waals surface area contributed by atoms with Crippen molar-refractivity contribution in [2.24, 2.45) is 0 Å². The fraction of sp³-hybridized carbons (Fsp3) is 0.200. The molecule has 0 spiro atoms. The molecule has 2 N–H and O–H groups in total. The van der Waals surface area contributed by atoms with Crippen molar-refractivity contribution in [2.75, 3.05) is 0 Å². The fourth-order valence-corrected chi connectivity index (χ4v) is 2.27. The van der Waals surface area contributed by atoms with E-state index in [2.05, 4.69) is 13.2 Å². The highest BCUT2D eigenvalue weighted by molar-refractivity contribution is 5.42. The van der Waals surface area contributed by atoms with Crippen LogP contribution >= 0.6 is 0 Å². The van der Waals surface area contributed by atoms with Crippen molar-refractivity contribution >= 4 is 0 Å². The molecule has 0 saturated heterocycles. The SMILES string of the molecule is C=CCc1c(O)cccc1C(F)(F)F.C=CCc1ccc(C(F)(F)F)cc1O. The summed E-state index contributed by atoms with van der Waals surface area (Å²) >= 11 is 0. The van der Waals surface area contributed by atoms with Crippen LogP contribution in [0, 0.1) is 0 Å². The van der Waals surface area contributed by atoms with Gasteiger partial charge < -0.3 is 10.2 Å². The van der Waals surface area contributed by atoms with Gasteiger partial charge in [-0.3, -0.25) is 0 Å². The predicted octanol–water partition coefficient (Wildman–Crippen LogP) is 6.28. The summed E-state index contributed by atoms with van der Waals surface area (Å²) in [5, 5.41) is 18.5.